The maximum Gasteiger partial charge on any atom is 0.254 e. The standard InChI is InChI=1S/C11H9N5/c1-2-4-9(5-3-1)10-13-11(15-14-10)16-7-6-12-8-16/h1-8H,(H,13,14,15). The number of nitrogens with zero attached hydrogens (tertiary/aromatic N) is 4. The minimum atomic E-state index is 0.594. The van der Waals surface area contributed by atoms with Gasteiger partial charge in [0.25, 0.3) is 5.95 Å². The Kier molecular flexibility index (Phi) is 2.00. The topological polar surface area (TPSA) is 59.4 Å². The molecule has 0 atom stereocenters. The van der Waals surface area contributed by atoms with Gasteiger partial charge in [-0.2, -0.15) is 4.98 Å². The summed E-state index contributed by atoms with van der Waals surface area (Å²) in [5.74, 6) is 1.35. The summed E-state index contributed by atoms with van der Waals surface area (Å²) < 4.78 is 1.75. The smallest absolute Gasteiger partial charge is 0.254 e. The van der Waals surface area contributed by atoms with Crippen LogP contribution < -0.4 is 0 Å². The first-order chi connectivity index (χ1) is 7.93. The molecule has 78 valence electrons. The van der Waals surface area contributed by atoms with E-state index in [-0.39, 0.29) is 0 Å². The zero-order valence-corrected chi connectivity index (χ0v) is 8.41. The average molecular weight is 211 g/mol. The van der Waals surface area contributed by atoms with Crippen LogP contribution in [0.1, 0.15) is 0 Å². The number of nitrogens with one attached hydrogen (secondary N) is 1. The van der Waals surface area contributed by atoms with Gasteiger partial charge in [0.2, 0.25) is 0 Å². The highest BCUT2D eigenvalue weighted by Crippen LogP contribution is 2.14. The lowest BCUT2D eigenvalue weighted by molar-refractivity contribution is 0.931. The second-order valence-electron chi connectivity index (χ2n) is 3.32. The van der Waals surface area contributed by atoms with Crippen molar-refractivity contribution < 1.29 is 0 Å². The Labute approximate surface area is 91.8 Å². The summed E-state index contributed by atoms with van der Waals surface area (Å²) >= 11 is 0. The molecule has 0 aliphatic heterocycles. The predicted octanol–water partition coefficient (Wildman–Crippen LogP) is 1.66. The van der Waals surface area contributed by atoms with Crippen molar-refractivity contribution in [1.29, 1.82) is 0 Å². The largest absolute Gasteiger partial charge is 0.273 e. The second kappa shape index (κ2) is 3.62. The molecule has 5 nitrogen and oxygen atoms in total. The van der Waals surface area contributed by atoms with Crippen molar-refractivity contribution in [2.75, 3.05) is 0 Å². The van der Waals surface area contributed by atoms with Gasteiger partial charge >= 0.3 is 0 Å². The van der Waals surface area contributed by atoms with Gasteiger partial charge in [-0.3, -0.25) is 9.67 Å². The molecule has 0 unspecified atom stereocenters. The number of H-pyrrole nitrogens is 1. The third-order valence-electron chi connectivity index (χ3n) is 2.26. The first-order valence-electron chi connectivity index (χ1n) is 4.89. The fourth-order valence-electron chi connectivity index (χ4n) is 1.47. The third kappa shape index (κ3) is 1.48. The van der Waals surface area contributed by atoms with Crippen molar-refractivity contribution in [3.8, 4) is 17.3 Å². The zero-order valence-electron chi connectivity index (χ0n) is 8.41. The van der Waals surface area contributed by atoms with Crippen LogP contribution in [0, 0.1) is 0 Å². The highest BCUT2D eigenvalue weighted by Gasteiger charge is 2.05. The number of benzene rings is 1. The van der Waals surface area contributed by atoms with Crippen molar-refractivity contribution >= 4 is 0 Å². The number of aromatic nitrogens is 5. The van der Waals surface area contributed by atoms with Crippen LogP contribution in [0.2, 0.25) is 0 Å². The van der Waals surface area contributed by atoms with E-state index < -0.39 is 0 Å². The summed E-state index contributed by atoms with van der Waals surface area (Å²) in [5.41, 5.74) is 1.02. The third-order valence-corrected chi connectivity index (χ3v) is 2.26. The van der Waals surface area contributed by atoms with Crippen LogP contribution in [0.4, 0.5) is 0 Å². The monoisotopic (exact) mass is 211 g/mol. The normalized spacial score (nSPS) is 10.5. The predicted molar refractivity (Wildman–Crippen MR) is 58.9 cm³/mol. The Bertz CT molecular complexity index is 567. The van der Waals surface area contributed by atoms with E-state index in [0.29, 0.717) is 5.95 Å². The SMILES string of the molecule is c1ccc(-c2nc(-n3ccnc3)n[nH]2)cc1. The fourth-order valence-corrected chi connectivity index (χ4v) is 1.47. The summed E-state index contributed by atoms with van der Waals surface area (Å²) in [5, 5.41) is 7.02. The van der Waals surface area contributed by atoms with Gasteiger partial charge in [-0.25, -0.2) is 4.98 Å². The molecule has 1 N–H and O–H groups in total. The molecule has 0 spiro atoms. The molecule has 0 aliphatic rings. The van der Waals surface area contributed by atoms with Gasteiger partial charge in [0.15, 0.2) is 5.82 Å². The number of rotatable bonds is 2. The molecule has 3 aromatic rings. The Morgan fingerprint density at radius 2 is 2.00 bits per heavy atom. The van der Waals surface area contributed by atoms with Gasteiger partial charge in [-0.05, 0) is 0 Å². The molecule has 0 saturated heterocycles. The van der Waals surface area contributed by atoms with E-state index in [2.05, 4.69) is 20.2 Å². The summed E-state index contributed by atoms with van der Waals surface area (Å²) in [6.07, 6.45) is 5.16. The average Bonchev–Trinajstić information content (AvgIpc) is 3.01. The number of imidazole rings is 1. The molecule has 0 bridgehead atoms. The minimum Gasteiger partial charge on any atom is -0.273 e. The maximum absolute atomic E-state index is 4.38. The van der Waals surface area contributed by atoms with Crippen molar-refractivity contribution in [1.82, 2.24) is 24.7 Å². The molecule has 2 heterocycles. The van der Waals surface area contributed by atoms with E-state index in [1.54, 1.807) is 23.3 Å². The summed E-state index contributed by atoms with van der Waals surface area (Å²) in [7, 11) is 0. The van der Waals surface area contributed by atoms with Crippen LogP contribution in [0.3, 0.4) is 0 Å². The summed E-state index contributed by atoms with van der Waals surface area (Å²) in [6, 6.07) is 9.87. The van der Waals surface area contributed by atoms with Crippen LogP contribution in [0.15, 0.2) is 49.1 Å². The zero-order chi connectivity index (χ0) is 10.8. The highest BCUT2D eigenvalue weighted by atomic mass is 15.3. The highest BCUT2D eigenvalue weighted by molar-refractivity contribution is 5.54. The van der Waals surface area contributed by atoms with Crippen LogP contribution in [-0.4, -0.2) is 24.7 Å². The second-order valence-corrected chi connectivity index (χ2v) is 3.32. The van der Waals surface area contributed by atoms with E-state index in [1.165, 1.54) is 0 Å². The molecule has 0 saturated carbocycles. The minimum absolute atomic E-state index is 0.594. The van der Waals surface area contributed by atoms with Gasteiger partial charge in [-0.15, -0.1) is 5.10 Å². The molecular weight excluding hydrogens is 202 g/mol. The lowest BCUT2D eigenvalue weighted by Crippen LogP contribution is -1.92. The van der Waals surface area contributed by atoms with E-state index in [4.69, 9.17) is 0 Å². The Balaban J connectivity index is 2.00. The summed E-state index contributed by atoms with van der Waals surface area (Å²) in [6.45, 7) is 0. The molecule has 0 amide bonds. The number of hydrogen-bond donors (Lipinski definition) is 1. The first kappa shape index (κ1) is 8.84. The van der Waals surface area contributed by atoms with Gasteiger partial charge in [-0.1, -0.05) is 30.3 Å². The molecule has 2 aromatic heterocycles. The maximum atomic E-state index is 4.38. The van der Waals surface area contributed by atoms with Gasteiger partial charge in [0.05, 0.1) is 0 Å². The molecule has 0 aliphatic carbocycles. The molecule has 0 radical (unpaired) electrons. The van der Waals surface area contributed by atoms with Crippen molar-refractivity contribution in [3.05, 3.63) is 49.1 Å². The quantitative estimate of drug-likeness (QED) is 0.701. The number of hydrogen-bond acceptors (Lipinski definition) is 3. The fraction of sp³-hybridized carbons (Fsp3) is 0. The lowest BCUT2D eigenvalue weighted by Gasteiger charge is -1.93. The first-order valence-corrected chi connectivity index (χ1v) is 4.89. The molecular formula is C11H9N5. The van der Waals surface area contributed by atoms with Crippen LogP contribution in [0.25, 0.3) is 17.3 Å². The van der Waals surface area contributed by atoms with Crippen molar-refractivity contribution in [3.63, 3.8) is 0 Å². The molecule has 1 aromatic carbocycles. The molecule has 5 heteroatoms. The van der Waals surface area contributed by atoms with E-state index in [9.17, 15) is 0 Å². The Hall–Kier alpha value is -2.43. The van der Waals surface area contributed by atoms with Crippen LogP contribution in [-0.2, 0) is 0 Å². The Morgan fingerprint density at radius 1 is 1.12 bits per heavy atom. The van der Waals surface area contributed by atoms with Gasteiger partial charge < -0.3 is 0 Å². The van der Waals surface area contributed by atoms with Crippen LogP contribution >= 0.6 is 0 Å². The molecule has 0 fully saturated rings. The van der Waals surface area contributed by atoms with Gasteiger partial charge in [0, 0.05) is 18.0 Å². The van der Waals surface area contributed by atoms with E-state index >= 15 is 0 Å². The van der Waals surface area contributed by atoms with E-state index in [0.717, 1.165) is 11.4 Å². The van der Waals surface area contributed by atoms with Gasteiger partial charge in [0.1, 0.15) is 6.33 Å². The summed E-state index contributed by atoms with van der Waals surface area (Å²) in [4.78, 5) is 8.33. The van der Waals surface area contributed by atoms with Crippen molar-refractivity contribution in [2.45, 2.75) is 0 Å². The van der Waals surface area contributed by atoms with Crippen molar-refractivity contribution in [2.24, 2.45) is 0 Å². The van der Waals surface area contributed by atoms with E-state index in [1.807, 2.05) is 30.3 Å². The molecule has 16 heavy (non-hydrogen) atoms. The molecule has 3 rings (SSSR count). The Morgan fingerprint density at radius 3 is 2.75 bits per heavy atom. The number of aromatic amines is 1. The van der Waals surface area contributed by atoms with Crippen LogP contribution in [0.5, 0.6) is 0 Å². The lowest BCUT2D eigenvalue weighted by atomic mass is 10.2.